The number of nitrogens with zero attached hydrogens (tertiary/aromatic N) is 1. The highest BCUT2D eigenvalue weighted by molar-refractivity contribution is 5.91. The fourth-order valence-electron chi connectivity index (χ4n) is 1.10. The average molecular weight is 241 g/mol. The van der Waals surface area contributed by atoms with Crippen LogP contribution in [0.1, 0.15) is 10.4 Å². The topological polar surface area (TPSA) is 81.7 Å². The van der Waals surface area contributed by atoms with Gasteiger partial charge in [-0.15, -0.1) is 0 Å². The van der Waals surface area contributed by atoms with Crippen LogP contribution < -0.4 is 10.7 Å². The second-order valence-electron chi connectivity index (χ2n) is 3.46. The molecule has 0 fully saturated rings. The van der Waals surface area contributed by atoms with Gasteiger partial charge in [0.2, 0.25) is 0 Å². The Hall–Kier alpha value is -2.15. The van der Waals surface area contributed by atoms with Crippen LogP contribution in [0.3, 0.4) is 0 Å². The second kappa shape index (κ2) is 5.26. The maximum atomic E-state index is 13.4. The largest absolute Gasteiger partial charge is 0.478 e. The van der Waals surface area contributed by atoms with E-state index in [2.05, 4.69) is 10.7 Å². The van der Waals surface area contributed by atoms with Crippen molar-refractivity contribution in [1.29, 1.82) is 0 Å². The number of carbonyl (C=O) groups excluding carboxylic acids is 1. The molecular weight excluding hydrogens is 229 g/mol. The Morgan fingerprint density at radius 1 is 1.35 bits per heavy atom. The number of anilines is 1. The van der Waals surface area contributed by atoms with Gasteiger partial charge < -0.3 is 10.4 Å². The number of rotatable bonds is 3. The zero-order valence-electron chi connectivity index (χ0n) is 9.32. The quantitative estimate of drug-likeness (QED) is 0.693. The number of benzene rings is 1. The summed E-state index contributed by atoms with van der Waals surface area (Å²) in [5.74, 6) is -2.04. The molecule has 0 spiro atoms. The van der Waals surface area contributed by atoms with E-state index in [-0.39, 0.29) is 11.3 Å². The third-order valence-corrected chi connectivity index (χ3v) is 1.79. The zero-order chi connectivity index (χ0) is 13.0. The summed E-state index contributed by atoms with van der Waals surface area (Å²) in [5, 5.41) is 12.3. The number of urea groups is 1. The van der Waals surface area contributed by atoms with E-state index in [4.69, 9.17) is 5.11 Å². The number of aromatic carboxylic acids is 1. The van der Waals surface area contributed by atoms with Crippen LogP contribution in [0.15, 0.2) is 18.2 Å². The first kappa shape index (κ1) is 12.9. The molecule has 0 saturated heterocycles. The summed E-state index contributed by atoms with van der Waals surface area (Å²) < 4.78 is 13.4. The molecule has 0 bridgehead atoms. The maximum Gasteiger partial charge on any atom is 0.335 e. The van der Waals surface area contributed by atoms with Crippen LogP contribution in [0, 0.1) is 5.82 Å². The summed E-state index contributed by atoms with van der Waals surface area (Å²) in [7, 11) is 3.20. The molecule has 1 aromatic rings. The molecule has 0 aromatic heterocycles. The predicted octanol–water partition coefficient (Wildman–Crippen LogP) is 1.12. The van der Waals surface area contributed by atoms with Crippen molar-refractivity contribution < 1.29 is 19.1 Å². The first-order valence-electron chi connectivity index (χ1n) is 4.68. The van der Waals surface area contributed by atoms with Crippen molar-refractivity contribution in [2.45, 2.75) is 0 Å². The Labute approximate surface area is 97.0 Å². The summed E-state index contributed by atoms with van der Waals surface area (Å²) >= 11 is 0. The molecule has 3 N–H and O–H groups in total. The third kappa shape index (κ3) is 3.72. The predicted molar refractivity (Wildman–Crippen MR) is 59.2 cm³/mol. The number of hydrogen-bond acceptors (Lipinski definition) is 3. The number of carbonyl (C=O) groups is 2. The Bertz CT molecular complexity index is 448. The van der Waals surface area contributed by atoms with Crippen molar-refractivity contribution in [2.24, 2.45) is 0 Å². The summed E-state index contributed by atoms with van der Waals surface area (Å²) in [6.07, 6.45) is 0. The molecule has 0 aliphatic carbocycles. The molecule has 1 aromatic carbocycles. The van der Waals surface area contributed by atoms with Crippen LogP contribution in [-0.2, 0) is 0 Å². The van der Waals surface area contributed by atoms with Crippen molar-refractivity contribution in [3.05, 3.63) is 29.6 Å². The first-order valence-corrected chi connectivity index (χ1v) is 4.68. The Morgan fingerprint density at radius 3 is 2.47 bits per heavy atom. The minimum atomic E-state index is -1.23. The number of carboxylic acids is 1. The molecule has 0 unspecified atom stereocenters. The lowest BCUT2D eigenvalue weighted by Gasteiger charge is -2.13. The Morgan fingerprint density at radius 2 is 2.00 bits per heavy atom. The van der Waals surface area contributed by atoms with Crippen LogP contribution in [0.25, 0.3) is 0 Å². The molecule has 0 atom stereocenters. The fourth-order valence-corrected chi connectivity index (χ4v) is 1.10. The van der Waals surface area contributed by atoms with Crippen molar-refractivity contribution in [2.75, 3.05) is 19.4 Å². The first-order chi connectivity index (χ1) is 7.90. The molecule has 0 aliphatic rings. The summed E-state index contributed by atoms with van der Waals surface area (Å²) in [4.78, 5) is 21.8. The average Bonchev–Trinajstić information content (AvgIpc) is 2.19. The van der Waals surface area contributed by atoms with E-state index in [0.717, 1.165) is 6.07 Å². The van der Waals surface area contributed by atoms with Gasteiger partial charge in [-0.05, 0) is 18.2 Å². The van der Waals surface area contributed by atoms with Gasteiger partial charge >= 0.3 is 12.0 Å². The van der Waals surface area contributed by atoms with Crippen LogP contribution in [0.5, 0.6) is 0 Å². The van der Waals surface area contributed by atoms with Gasteiger partial charge in [0, 0.05) is 14.1 Å². The molecule has 2 amide bonds. The molecule has 1 rings (SSSR count). The van der Waals surface area contributed by atoms with E-state index in [9.17, 15) is 14.0 Å². The lowest BCUT2D eigenvalue weighted by atomic mass is 10.2. The standard InChI is InChI=1S/C10H12FN3O3/c1-14(2)13-10(17)12-8-4-3-6(9(15)16)5-7(8)11/h3-5H,1-2H3,(H,15,16)(H2,12,13,17). The number of halogens is 1. The molecule has 0 saturated carbocycles. The van der Waals surface area contributed by atoms with Gasteiger partial charge in [0.25, 0.3) is 0 Å². The fraction of sp³-hybridized carbons (Fsp3) is 0.200. The second-order valence-corrected chi connectivity index (χ2v) is 3.46. The van der Waals surface area contributed by atoms with E-state index >= 15 is 0 Å². The van der Waals surface area contributed by atoms with Crippen molar-refractivity contribution in [1.82, 2.24) is 10.4 Å². The van der Waals surface area contributed by atoms with Gasteiger partial charge in [-0.2, -0.15) is 0 Å². The molecule has 6 nitrogen and oxygen atoms in total. The van der Waals surface area contributed by atoms with Gasteiger partial charge in [-0.3, -0.25) is 5.43 Å². The number of carboxylic acid groups (broad SMARTS) is 1. The van der Waals surface area contributed by atoms with Crippen LogP contribution in [0.4, 0.5) is 14.9 Å². The highest BCUT2D eigenvalue weighted by Crippen LogP contribution is 2.15. The minimum Gasteiger partial charge on any atom is -0.478 e. The number of hydrogen-bond donors (Lipinski definition) is 3. The van der Waals surface area contributed by atoms with Crippen LogP contribution >= 0.6 is 0 Å². The molecule has 0 radical (unpaired) electrons. The number of nitrogens with one attached hydrogen (secondary N) is 2. The van der Waals surface area contributed by atoms with E-state index in [1.165, 1.54) is 17.1 Å². The minimum absolute atomic E-state index is 0.0886. The number of amides is 2. The van der Waals surface area contributed by atoms with E-state index in [1.807, 2.05) is 0 Å². The molecule has 0 heterocycles. The Kier molecular flexibility index (Phi) is 4.00. The van der Waals surface area contributed by atoms with Crippen molar-refractivity contribution >= 4 is 17.7 Å². The van der Waals surface area contributed by atoms with Gasteiger partial charge in [0.05, 0.1) is 11.3 Å². The normalized spacial score (nSPS) is 10.1. The lowest BCUT2D eigenvalue weighted by Crippen LogP contribution is -2.39. The van der Waals surface area contributed by atoms with Gasteiger partial charge in [-0.25, -0.2) is 19.0 Å². The van der Waals surface area contributed by atoms with Crippen molar-refractivity contribution in [3.8, 4) is 0 Å². The van der Waals surface area contributed by atoms with Crippen LogP contribution in [-0.4, -0.2) is 36.2 Å². The zero-order valence-corrected chi connectivity index (χ0v) is 9.32. The molecule has 92 valence electrons. The van der Waals surface area contributed by atoms with Crippen molar-refractivity contribution in [3.63, 3.8) is 0 Å². The number of hydrazine groups is 1. The maximum absolute atomic E-state index is 13.4. The van der Waals surface area contributed by atoms with Crippen LogP contribution in [0.2, 0.25) is 0 Å². The van der Waals surface area contributed by atoms with E-state index < -0.39 is 17.8 Å². The monoisotopic (exact) mass is 241 g/mol. The van der Waals surface area contributed by atoms with Gasteiger partial charge in [0.15, 0.2) is 0 Å². The Balaban J connectivity index is 2.79. The smallest absolute Gasteiger partial charge is 0.335 e. The van der Waals surface area contributed by atoms with Gasteiger partial charge in [-0.1, -0.05) is 0 Å². The molecule has 0 aliphatic heterocycles. The highest BCUT2D eigenvalue weighted by Gasteiger charge is 2.10. The third-order valence-electron chi connectivity index (χ3n) is 1.79. The highest BCUT2D eigenvalue weighted by atomic mass is 19.1. The molecular formula is C10H12FN3O3. The summed E-state index contributed by atoms with van der Waals surface area (Å²) in [5.41, 5.74) is 2.09. The van der Waals surface area contributed by atoms with E-state index in [0.29, 0.717) is 0 Å². The van der Waals surface area contributed by atoms with Gasteiger partial charge in [0.1, 0.15) is 5.82 Å². The lowest BCUT2D eigenvalue weighted by molar-refractivity contribution is 0.0696. The summed E-state index contributed by atoms with van der Waals surface area (Å²) in [6.45, 7) is 0. The molecule has 7 heteroatoms. The molecule has 17 heavy (non-hydrogen) atoms. The SMILES string of the molecule is CN(C)NC(=O)Nc1ccc(C(=O)O)cc1F. The summed E-state index contributed by atoms with van der Waals surface area (Å²) in [6, 6.07) is 2.62. The van der Waals surface area contributed by atoms with E-state index in [1.54, 1.807) is 14.1 Å².